The van der Waals surface area contributed by atoms with Crippen molar-refractivity contribution < 1.29 is 27.5 Å². The van der Waals surface area contributed by atoms with Gasteiger partial charge in [0.1, 0.15) is 0 Å². The number of nitrogens with one attached hydrogen (secondary N) is 3. The summed E-state index contributed by atoms with van der Waals surface area (Å²) >= 11 is 0. The molecule has 3 aromatic carbocycles. The van der Waals surface area contributed by atoms with Crippen molar-refractivity contribution in [3.63, 3.8) is 0 Å². The molecule has 0 fully saturated rings. The maximum absolute atomic E-state index is 12.7. The number of amides is 2. The van der Waals surface area contributed by atoms with Gasteiger partial charge in [0.2, 0.25) is 6.79 Å². The molecular formula is C22H19N3O6S. The summed E-state index contributed by atoms with van der Waals surface area (Å²) in [4.78, 5) is 24.7. The molecule has 10 heteroatoms. The summed E-state index contributed by atoms with van der Waals surface area (Å²) in [5.41, 5.74) is 6.20. The van der Waals surface area contributed by atoms with Crippen LogP contribution in [0.4, 0.5) is 5.69 Å². The lowest BCUT2D eigenvalue weighted by molar-refractivity contribution is 0.0846. The first-order valence-electron chi connectivity index (χ1n) is 9.52. The second-order valence-electron chi connectivity index (χ2n) is 6.98. The van der Waals surface area contributed by atoms with E-state index >= 15 is 0 Å². The Labute approximate surface area is 184 Å². The normalized spacial score (nSPS) is 12.2. The molecule has 0 bridgehead atoms. The Hall–Kier alpha value is -4.05. The molecule has 0 aromatic heterocycles. The molecule has 1 heterocycles. The fraction of sp³-hybridized carbons (Fsp3) is 0.0909. The number of ether oxygens (including phenoxy) is 2. The van der Waals surface area contributed by atoms with Crippen LogP contribution in [-0.4, -0.2) is 27.0 Å². The molecule has 4 rings (SSSR count). The molecule has 0 saturated carbocycles. The number of anilines is 1. The molecule has 0 saturated heterocycles. The van der Waals surface area contributed by atoms with Crippen molar-refractivity contribution in [2.24, 2.45) is 0 Å². The number of rotatable bonds is 5. The van der Waals surface area contributed by atoms with Crippen molar-refractivity contribution in [2.75, 3.05) is 11.5 Å². The summed E-state index contributed by atoms with van der Waals surface area (Å²) in [5.74, 6) is -0.279. The van der Waals surface area contributed by atoms with Gasteiger partial charge in [-0.3, -0.25) is 25.2 Å². The Morgan fingerprint density at radius 3 is 2.25 bits per heavy atom. The number of aryl methyl sites for hydroxylation is 1. The van der Waals surface area contributed by atoms with Crippen LogP contribution in [-0.2, 0) is 10.0 Å². The molecule has 9 nitrogen and oxygen atoms in total. The summed E-state index contributed by atoms with van der Waals surface area (Å²) in [6.07, 6.45) is 0. The Morgan fingerprint density at radius 2 is 1.50 bits per heavy atom. The highest BCUT2D eigenvalue weighted by atomic mass is 32.2. The summed E-state index contributed by atoms with van der Waals surface area (Å²) in [6, 6.07) is 17.0. The van der Waals surface area contributed by atoms with Crippen molar-refractivity contribution in [3.05, 3.63) is 83.4 Å². The molecule has 3 aromatic rings. The van der Waals surface area contributed by atoms with Gasteiger partial charge in [-0.25, -0.2) is 8.42 Å². The topological polar surface area (TPSA) is 123 Å². The van der Waals surface area contributed by atoms with E-state index in [9.17, 15) is 18.0 Å². The Morgan fingerprint density at radius 1 is 0.812 bits per heavy atom. The van der Waals surface area contributed by atoms with Crippen LogP contribution in [0.2, 0.25) is 0 Å². The van der Waals surface area contributed by atoms with E-state index in [1.54, 1.807) is 24.3 Å². The first kappa shape index (κ1) is 21.2. The van der Waals surface area contributed by atoms with E-state index in [2.05, 4.69) is 15.6 Å². The lowest BCUT2D eigenvalue weighted by Gasteiger charge is -2.11. The molecule has 3 N–H and O–H groups in total. The van der Waals surface area contributed by atoms with Crippen LogP contribution in [0, 0.1) is 6.92 Å². The second-order valence-corrected chi connectivity index (χ2v) is 8.66. The monoisotopic (exact) mass is 453 g/mol. The van der Waals surface area contributed by atoms with Crippen LogP contribution in [0.1, 0.15) is 26.3 Å². The fourth-order valence-electron chi connectivity index (χ4n) is 3.02. The number of carbonyl (C=O) groups excluding carboxylic acids is 2. The molecule has 1 aliphatic rings. The average Bonchev–Trinajstić information content (AvgIpc) is 3.25. The number of hydrazine groups is 1. The third kappa shape index (κ3) is 4.65. The number of carbonyl (C=O) groups is 2. The minimum Gasteiger partial charge on any atom is -0.454 e. The SMILES string of the molecule is Cc1cccc(NS(=O)(=O)c2cccc(C(=O)NNC(=O)c3ccc4c(c3)OCO4)c2)c1. The predicted octanol–water partition coefficient (Wildman–Crippen LogP) is 2.60. The first-order chi connectivity index (χ1) is 15.3. The van der Waals surface area contributed by atoms with Crippen LogP contribution in [0.15, 0.2) is 71.6 Å². The summed E-state index contributed by atoms with van der Waals surface area (Å²) in [6.45, 7) is 1.93. The van der Waals surface area contributed by atoms with Crippen molar-refractivity contribution in [2.45, 2.75) is 11.8 Å². The van der Waals surface area contributed by atoms with E-state index in [1.165, 1.54) is 36.4 Å². The van der Waals surface area contributed by atoms with E-state index in [-0.39, 0.29) is 22.8 Å². The minimum absolute atomic E-state index is 0.0584. The lowest BCUT2D eigenvalue weighted by Crippen LogP contribution is -2.41. The average molecular weight is 453 g/mol. The number of sulfonamides is 1. The molecule has 164 valence electrons. The summed E-state index contributed by atoms with van der Waals surface area (Å²) < 4.78 is 38.3. The Balaban J connectivity index is 1.43. The van der Waals surface area contributed by atoms with Gasteiger partial charge in [0.25, 0.3) is 21.8 Å². The fourth-order valence-corrected chi connectivity index (χ4v) is 4.12. The van der Waals surface area contributed by atoms with Crippen LogP contribution in [0.5, 0.6) is 11.5 Å². The van der Waals surface area contributed by atoms with E-state index in [0.717, 1.165) is 5.56 Å². The van der Waals surface area contributed by atoms with Crippen molar-refractivity contribution in [1.82, 2.24) is 10.9 Å². The van der Waals surface area contributed by atoms with Gasteiger partial charge in [-0.1, -0.05) is 18.2 Å². The molecule has 0 radical (unpaired) electrons. The van der Waals surface area contributed by atoms with E-state index in [1.807, 2.05) is 13.0 Å². The molecule has 1 aliphatic heterocycles. The zero-order chi connectivity index (χ0) is 22.7. The summed E-state index contributed by atoms with van der Waals surface area (Å²) in [7, 11) is -3.91. The standard InChI is InChI=1S/C22H19N3O6S/c1-14-4-2-6-17(10-14)25-32(28,29)18-7-3-5-15(11-18)21(26)23-24-22(27)16-8-9-19-20(12-16)31-13-30-19/h2-12,25H,13H2,1H3,(H,23,26)(H,24,27). The van der Waals surface area contributed by atoms with Crippen molar-refractivity contribution in [3.8, 4) is 11.5 Å². The molecule has 0 unspecified atom stereocenters. The third-order valence-corrected chi connectivity index (χ3v) is 5.98. The largest absolute Gasteiger partial charge is 0.454 e. The van der Waals surface area contributed by atoms with Crippen LogP contribution >= 0.6 is 0 Å². The highest BCUT2D eigenvalue weighted by Gasteiger charge is 2.19. The van der Waals surface area contributed by atoms with Crippen LogP contribution in [0.25, 0.3) is 0 Å². The predicted molar refractivity (Wildman–Crippen MR) is 116 cm³/mol. The van der Waals surface area contributed by atoms with Gasteiger partial charge in [-0.15, -0.1) is 0 Å². The third-order valence-electron chi connectivity index (χ3n) is 4.60. The zero-order valence-electron chi connectivity index (χ0n) is 16.9. The van der Waals surface area contributed by atoms with Crippen LogP contribution < -0.4 is 25.0 Å². The highest BCUT2D eigenvalue weighted by Crippen LogP contribution is 2.32. The molecular weight excluding hydrogens is 434 g/mol. The quantitative estimate of drug-likeness (QED) is 0.511. The second kappa shape index (κ2) is 8.60. The lowest BCUT2D eigenvalue weighted by atomic mass is 10.2. The van der Waals surface area contributed by atoms with Gasteiger partial charge >= 0.3 is 0 Å². The van der Waals surface area contributed by atoms with E-state index in [0.29, 0.717) is 17.2 Å². The van der Waals surface area contributed by atoms with Gasteiger partial charge < -0.3 is 9.47 Å². The van der Waals surface area contributed by atoms with Gasteiger partial charge in [0.05, 0.1) is 4.90 Å². The first-order valence-corrected chi connectivity index (χ1v) is 11.0. The number of benzene rings is 3. The van der Waals surface area contributed by atoms with Gasteiger partial charge in [-0.05, 0) is 61.0 Å². The van der Waals surface area contributed by atoms with E-state index in [4.69, 9.17) is 9.47 Å². The molecule has 0 atom stereocenters. The summed E-state index contributed by atoms with van der Waals surface area (Å²) in [5, 5.41) is 0. The Kier molecular flexibility index (Phi) is 5.69. The minimum atomic E-state index is -3.91. The molecule has 2 amide bonds. The molecule has 0 spiro atoms. The molecule has 0 aliphatic carbocycles. The zero-order valence-corrected chi connectivity index (χ0v) is 17.7. The van der Waals surface area contributed by atoms with Crippen molar-refractivity contribution in [1.29, 1.82) is 0 Å². The van der Waals surface area contributed by atoms with Crippen LogP contribution in [0.3, 0.4) is 0 Å². The van der Waals surface area contributed by atoms with Gasteiger partial charge in [0, 0.05) is 16.8 Å². The smallest absolute Gasteiger partial charge is 0.269 e. The maximum atomic E-state index is 12.7. The Bertz CT molecular complexity index is 1310. The van der Waals surface area contributed by atoms with Gasteiger partial charge in [0.15, 0.2) is 11.5 Å². The number of fused-ring (bicyclic) bond motifs is 1. The van der Waals surface area contributed by atoms with Crippen molar-refractivity contribution >= 4 is 27.5 Å². The van der Waals surface area contributed by atoms with E-state index < -0.39 is 21.8 Å². The molecule has 32 heavy (non-hydrogen) atoms. The highest BCUT2D eigenvalue weighted by molar-refractivity contribution is 7.92. The number of hydrogen-bond donors (Lipinski definition) is 3. The maximum Gasteiger partial charge on any atom is 0.269 e. The number of hydrogen-bond acceptors (Lipinski definition) is 6. The van der Waals surface area contributed by atoms with Gasteiger partial charge in [-0.2, -0.15) is 0 Å².